The Morgan fingerprint density at radius 1 is 0.952 bits per heavy atom. The monoisotopic (exact) mass is 298 g/mol. The van der Waals surface area contributed by atoms with E-state index in [0.29, 0.717) is 19.4 Å². The van der Waals surface area contributed by atoms with Gasteiger partial charge in [-0.3, -0.25) is 9.59 Å². The van der Waals surface area contributed by atoms with E-state index in [1.54, 1.807) is 6.92 Å². The Kier molecular flexibility index (Phi) is 7.58. The Bertz CT molecular complexity index is 466. The fourth-order valence-electron chi connectivity index (χ4n) is 2.00. The van der Waals surface area contributed by atoms with Crippen molar-refractivity contribution in [2.24, 2.45) is 0 Å². The molecule has 0 fully saturated rings. The zero-order valence-electron chi connectivity index (χ0n) is 12.2. The second-order valence-electron chi connectivity index (χ2n) is 4.80. The standard InChI is InChI=1S/C16H20F2O3/c1-2-21-16(20)8-6-4-3-5-7-15(19)12-9-13(17)11-14(18)10-12/h9-11H,2-8H2,1H3. The fraction of sp³-hybridized carbons (Fsp3) is 0.500. The average Bonchev–Trinajstić information content (AvgIpc) is 2.41. The van der Waals surface area contributed by atoms with Crippen LogP contribution in [-0.2, 0) is 9.53 Å². The molecule has 1 rings (SSSR count). The Morgan fingerprint density at radius 3 is 2.10 bits per heavy atom. The molecule has 0 aliphatic heterocycles. The number of rotatable bonds is 9. The summed E-state index contributed by atoms with van der Waals surface area (Å²) in [6.07, 6.45) is 3.62. The van der Waals surface area contributed by atoms with E-state index in [-0.39, 0.29) is 23.7 Å². The van der Waals surface area contributed by atoms with Crippen LogP contribution in [0.15, 0.2) is 18.2 Å². The number of ether oxygens (including phenoxy) is 1. The molecule has 0 saturated carbocycles. The van der Waals surface area contributed by atoms with E-state index in [0.717, 1.165) is 37.5 Å². The minimum absolute atomic E-state index is 0.0685. The Morgan fingerprint density at radius 2 is 1.52 bits per heavy atom. The smallest absolute Gasteiger partial charge is 0.305 e. The maximum Gasteiger partial charge on any atom is 0.305 e. The first-order chi connectivity index (χ1) is 10.0. The van der Waals surface area contributed by atoms with Gasteiger partial charge in [0.2, 0.25) is 0 Å². The third kappa shape index (κ3) is 6.97. The normalized spacial score (nSPS) is 10.4. The van der Waals surface area contributed by atoms with Crippen molar-refractivity contribution in [1.82, 2.24) is 0 Å². The Labute approximate surface area is 123 Å². The van der Waals surface area contributed by atoms with Crippen molar-refractivity contribution < 1.29 is 23.1 Å². The van der Waals surface area contributed by atoms with Gasteiger partial charge in [-0.15, -0.1) is 0 Å². The lowest BCUT2D eigenvalue weighted by atomic mass is 10.0. The zero-order valence-corrected chi connectivity index (χ0v) is 12.2. The van der Waals surface area contributed by atoms with E-state index in [9.17, 15) is 18.4 Å². The molecule has 21 heavy (non-hydrogen) atoms. The first-order valence-corrected chi connectivity index (χ1v) is 7.18. The number of benzene rings is 1. The highest BCUT2D eigenvalue weighted by Gasteiger charge is 2.09. The summed E-state index contributed by atoms with van der Waals surface area (Å²) in [5.41, 5.74) is 0.0685. The number of ketones is 1. The van der Waals surface area contributed by atoms with Gasteiger partial charge < -0.3 is 4.74 Å². The lowest BCUT2D eigenvalue weighted by Gasteiger charge is -2.03. The first-order valence-electron chi connectivity index (χ1n) is 7.18. The van der Waals surface area contributed by atoms with Crippen molar-refractivity contribution in [2.75, 3.05) is 6.61 Å². The van der Waals surface area contributed by atoms with Gasteiger partial charge >= 0.3 is 5.97 Å². The second-order valence-corrected chi connectivity index (χ2v) is 4.80. The molecule has 0 saturated heterocycles. The van der Waals surface area contributed by atoms with E-state index in [2.05, 4.69) is 0 Å². The van der Waals surface area contributed by atoms with Crippen molar-refractivity contribution in [2.45, 2.75) is 45.4 Å². The maximum atomic E-state index is 13.0. The third-order valence-electron chi connectivity index (χ3n) is 3.02. The number of hydrogen-bond donors (Lipinski definition) is 0. The van der Waals surface area contributed by atoms with Crippen LogP contribution in [0, 0.1) is 11.6 Å². The number of carbonyl (C=O) groups is 2. The van der Waals surface area contributed by atoms with E-state index >= 15 is 0 Å². The molecule has 1 aromatic carbocycles. The van der Waals surface area contributed by atoms with Gasteiger partial charge in [-0.1, -0.05) is 12.8 Å². The molecule has 0 aromatic heterocycles. The van der Waals surface area contributed by atoms with E-state index in [4.69, 9.17) is 4.74 Å². The van der Waals surface area contributed by atoms with Crippen LogP contribution in [0.4, 0.5) is 8.78 Å². The predicted molar refractivity (Wildman–Crippen MR) is 75.0 cm³/mol. The molecule has 0 bridgehead atoms. The van der Waals surface area contributed by atoms with Crippen molar-refractivity contribution in [1.29, 1.82) is 0 Å². The summed E-state index contributed by atoms with van der Waals surface area (Å²) in [6, 6.07) is 2.84. The molecule has 0 unspecified atom stereocenters. The van der Waals surface area contributed by atoms with Crippen molar-refractivity contribution >= 4 is 11.8 Å². The minimum Gasteiger partial charge on any atom is -0.466 e. The summed E-state index contributed by atoms with van der Waals surface area (Å²) in [7, 11) is 0. The van der Waals surface area contributed by atoms with E-state index < -0.39 is 11.6 Å². The molecule has 0 heterocycles. The molecule has 5 heteroatoms. The molecule has 0 aliphatic rings. The number of esters is 1. The van der Waals surface area contributed by atoms with Crippen molar-refractivity contribution in [3.63, 3.8) is 0 Å². The highest BCUT2D eigenvalue weighted by molar-refractivity contribution is 5.96. The molecule has 0 radical (unpaired) electrons. The molecular formula is C16H20F2O3. The largest absolute Gasteiger partial charge is 0.466 e. The van der Waals surface area contributed by atoms with Gasteiger partial charge in [0.25, 0.3) is 0 Å². The van der Waals surface area contributed by atoms with Crippen LogP contribution in [0.25, 0.3) is 0 Å². The average molecular weight is 298 g/mol. The molecule has 116 valence electrons. The van der Waals surface area contributed by atoms with E-state index in [1.165, 1.54) is 0 Å². The van der Waals surface area contributed by atoms with E-state index in [1.807, 2.05) is 0 Å². The van der Waals surface area contributed by atoms with Crippen LogP contribution in [-0.4, -0.2) is 18.4 Å². The zero-order chi connectivity index (χ0) is 15.7. The van der Waals surface area contributed by atoms with Crippen LogP contribution in [0.2, 0.25) is 0 Å². The van der Waals surface area contributed by atoms with Crippen LogP contribution in [0.3, 0.4) is 0 Å². The van der Waals surface area contributed by atoms with Gasteiger partial charge in [-0.2, -0.15) is 0 Å². The molecule has 0 spiro atoms. The van der Waals surface area contributed by atoms with Crippen molar-refractivity contribution in [3.8, 4) is 0 Å². The Balaban J connectivity index is 2.20. The molecule has 1 aromatic rings. The van der Waals surface area contributed by atoms with Gasteiger partial charge in [0.15, 0.2) is 5.78 Å². The van der Waals surface area contributed by atoms with Crippen LogP contribution in [0.1, 0.15) is 55.8 Å². The molecule has 0 atom stereocenters. The highest BCUT2D eigenvalue weighted by Crippen LogP contribution is 2.13. The first kappa shape index (κ1) is 17.3. The number of carbonyl (C=O) groups excluding carboxylic acids is 2. The number of halogens is 2. The fourth-order valence-corrected chi connectivity index (χ4v) is 2.00. The predicted octanol–water partition coefficient (Wildman–Crippen LogP) is 4.05. The lowest BCUT2D eigenvalue weighted by Crippen LogP contribution is -2.03. The summed E-state index contributed by atoms with van der Waals surface area (Å²) in [6.45, 7) is 2.15. The molecule has 0 N–H and O–H groups in total. The van der Waals surface area contributed by atoms with Gasteiger partial charge in [0.1, 0.15) is 11.6 Å². The highest BCUT2D eigenvalue weighted by atomic mass is 19.1. The molecular weight excluding hydrogens is 278 g/mol. The van der Waals surface area contributed by atoms with Gasteiger partial charge in [-0.05, 0) is 31.9 Å². The molecule has 0 amide bonds. The summed E-state index contributed by atoms with van der Waals surface area (Å²) in [5.74, 6) is -1.96. The van der Waals surface area contributed by atoms with Gasteiger partial charge in [0, 0.05) is 24.5 Å². The van der Waals surface area contributed by atoms with Crippen LogP contribution >= 0.6 is 0 Å². The quantitative estimate of drug-likeness (QED) is 0.392. The SMILES string of the molecule is CCOC(=O)CCCCCCC(=O)c1cc(F)cc(F)c1. The van der Waals surface area contributed by atoms with Gasteiger partial charge in [0.05, 0.1) is 6.61 Å². The topological polar surface area (TPSA) is 43.4 Å². The van der Waals surface area contributed by atoms with Crippen molar-refractivity contribution in [3.05, 3.63) is 35.4 Å². The summed E-state index contributed by atoms with van der Waals surface area (Å²) in [4.78, 5) is 22.9. The summed E-state index contributed by atoms with van der Waals surface area (Å²) >= 11 is 0. The third-order valence-corrected chi connectivity index (χ3v) is 3.02. The molecule has 0 aliphatic carbocycles. The van der Waals surface area contributed by atoms with Crippen LogP contribution < -0.4 is 0 Å². The summed E-state index contributed by atoms with van der Waals surface area (Å²) < 4.78 is 30.8. The maximum absolute atomic E-state index is 13.0. The number of unbranched alkanes of at least 4 members (excludes halogenated alkanes) is 3. The lowest BCUT2D eigenvalue weighted by molar-refractivity contribution is -0.143. The second kappa shape index (κ2) is 9.21. The molecule has 3 nitrogen and oxygen atoms in total. The number of Topliss-reactive ketones (excluding diaryl/α,β-unsaturated/α-hetero) is 1. The van der Waals surface area contributed by atoms with Gasteiger partial charge in [-0.25, -0.2) is 8.78 Å². The summed E-state index contributed by atoms with van der Waals surface area (Å²) in [5, 5.41) is 0. The van der Waals surface area contributed by atoms with Crippen LogP contribution in [0.5, 0.6) is 0 Å². The number of hydrogen-bond acceptors (Lipinski definition) is 3. The minimum atomic E-state index is -0.743. The Hall–Kier alpha value is -1.78.